The quantitative estimate of drug-likeness (QED) is 0.694. The minimum Gasteiger partial charge on any atom is -0.321 e. The van der Waals surface area contributed by atoms with Gasteiger partial charge in [-0.15, -0.1) is 11.3 Å². The molecule has 0 radical (unpaired) electrons. The maximum absolute atomic E-state index is 13.3. The molecule has 0 bridgehead atoms. The van der Waals surface area contributed by atoms with Crippen LogP contribution in [0.25, 0.3) is 0 Å². The lowest BCUT2D eigenvalue weighted by Crippen LogP contribution is -2.16. The molecule has 1 aromatic heterocycles. The molecule has 1 heterocycles. The highest BCUT2D eigenvalue weighted by atomic mass is 35.5. The van der Waals surface area contributed by atoms with E-state index < -0.39 is 21.6 Å². The highest BCUT2D eigenvalue weighted by Crippen LogP contribution is 2.29. The van der Waals surface area contributed by atoms with E-state index >= 15 is 0 Å². The van der Waals surface area contributed by atoms with Crippen LogP contribution in [0.15, 0.2) is 57.1 Å². The van der Waals surface area contributed by atoms with Gasteiger partial charge in [-0.1, -0.05) is 11.6 Å². The maximum Gasteiger partial charge on any atom is 0.276 e. The summed E-state index contributed by atoms with van der Waals surface area (Å²) in [6.45, 7) is 1.56. The molecule has 9 heteroatoms. The molecule has 3 aromatic rings. The summed E-state index contributed by atoms with van der Waals surface area (Å²) in [5, 5.41) is 2.94. The van der Waals surface area contributed by atoms with Gasteiger partial charge in [0.25, 0.3) is 5.91 Å². The van der Waals surface area contributed by atoms with Gasteiger partial charge in [-0.05, 0) is 55.0 Å². The van der Waals surface area contributed by atoms with Gasteiger partial charge in [0.15, 0.2) is 9.90 Å². The van der Waals surface area contributed by atoms with E-state index in [-0.39, 0.29) is 14.8 Å². The summed E-state index contributed by atoms with van der Waals surface area (Å²) in [4.78, 5) is 16.4. The molecule has 0 unspecified atom stereocenters. The van der Waals surface area contributed by atoms with Gasteiger partial charge >= 0.3 is 0 Å². The van der Waals surface area contributed by atoms with E-state index in [2.05, 4.69) is 10.3 Å². The lowest BCUT2D eigenvalue weighted by Gasteiger charge is -2.07. The first-order valence-electron chi connectivity index (χ1n) is 7.30. The first kappa shape index (κ1) is 18.5. The number of carbonyl (C=O) groups excluding carboxylic acids is 1. The summed E-state index contributed by atoms with van der Waals surface area (Å²) in [6, 6.07) is 9.70. The summed E-state index contributed by atoms with van der Waals surface area (Å²) in [5.41, 5.74) is 1.77. The van der Waals surface area contributed by atoms with Crippen LogP contribution in [0.3, 0.4) is 0 Å². The summed E-state index contributed by atoms with van der Waals surface area (Å²) < 4.78 is 38.7. The Balaban J connectivity index is 1.93. The molecule has 3 rings (SSSR count). The normalized spacial score (nSPS) is 11.3. The summed E-state index contributed by atoms with van der Waals surface area (Å²) in [7, 11) is -3.92. The molecule has 0 atom stereocenters. The van der Waals surface area contributed by atoms with Gasteiger partial charge in [0.05, 0.1) is 10.4 Å². The van der Waals surface area contributed by atoms with Crippen molar-refractivity contribution in [2.45, 2.75) is 16.0 Å². The van der Waals surface area contributed by atoms with E-state index in [1.165, 1.54) is 48.0 Å². The number of benzene rings is 2. The molecule has 134 valence electrons. The van der Waals surface area contributed by atoms with Crippen LogP contribution in [0, 0.1) is 12.7 Å². The van der Waals surface area contributed by atoms with Gasteiger partial charge in [-0.2, -0.15) is 0 Å². The van der Waals surface area contributed by atoms with Crippen molar-refractivity contribution in [2.75, 3.05) is 5.32 Å². The van der Waals surface area contributed by atoms with Gasteiger partial charge in [-0.3, -0.25) is 4.79 Å². The van der Waals surface area contributed by atoms with Crippen LogP contribution in [-0.4, -0.2) is 19.3 Å². The number of hydrogen-bond donors (Lipinski definition) is 1. The van der Waals surface area contributed by atoms with Crippen LogP contribution in [0.1, 0.15) is 16.1 Å². The van der Waals surface area contributed by atoms with Crippen molar-refractivity contribution in [3.63, 3.8) is 0 Å². The molecular formula is C17H12ClFN2O3S2. The molecule has 0 saturated heterocycles. The second kappa shape index (κ2) is 7.14. The molecule has 0 aliphatic heterocycles. The molecule has 1 amide bonds. The number of halogens is 2. The number of aromatic nitrogens is 1. The fraction of sp³-hybridized carbons (Fsp3) is 0.0588. The SMILES string of the molecule is Cc1cc(NC(=O)c2ncsc2S(=O)(=O)c2ccc(Cl)cc2)ccc1F. The Labute approximate surface area is 158 Å². The molecule has 0 aliphatic carbocycles. The molecule has 2 aromatic carbocycles. The Kier molecular flexibility index (Phi) is 5.08. The van der Waals surface area contributed by atoms with E-state index in [9.17, 15) is 17.6 Å². The number of carbonyl (C=O) groups is 1. The molecule has 26 heavy (non-hydrogen) atoms. The van der Waals surface area contributed by atoms with Gasteiger partial charge < -0.3 is 5.32 Å². The van der Waals surface area contributed by atoms with E-state index in [1.807, 2.05) is 0 Å². The lowest BCUT2D eigenvalue weighted by atomic mass is 10.2. The first-order chi connectivity index (χ1) is 12.3. The smallest absolute Gasteiger partial charge is 0.276 e. The minimum atomic E-state index is -3.92. The monoisotopic (exact) mass is 410 g/mol. The van der Waals surface area contributed by atoms with E-state index in [0.29, 0.717) is 16.3 Å². The van der Waals surface area contributed by atoms with Crippen molar-refractivity contribution in [3.8, 4) is 0 Å². The predicted molar refractivity (Wildman–Crippen MR) is 98.1 cm³/mol. The molecular weight excluding hydrogens is 399 g/mol. The van der Waals surface area contributed by atoms with Gasteiger partial charge in [0, 0.05) is 10.7 Å². The van der Waals surface area contributed by atoms with Crippen molar-refractivity contribution < 1.29 is 17.6 Å². The number of sulfone groups is 1. The van der Waals surface area contributed by atoms with Gasteiger partial charge in [0.1, 0.15) is 5.82 Å². The minimum absolute atomic E-state index is 0.0119. The van der Waals surface area contributed by atoms with Crippen LogP contribution >= 0.6 is 22.9 Å². The Hall–Kier alpha value is -2.29. The average Bonchev–Trinajstić information content (AvgIpc) is 3.09. The van der Waals surface area contributed by atoms with Crippen LogP contribution in [-0.2, 0) is 9.84 Å². The third-order valence-corrected chi connectivity index (χ3v) is 6.93. The summed E-state index contributed by atoms with van der Waals surface area (Å²) in [5.74, 6) is -1.09. The Morgan fingerprint density at radius 1 is 1.19 bits per heavy atom. The second-order valence-electron chi connectivity index (χ2n) is 5.36. The van der Waals surface area contributed by atoms with E-state index in [0.717, 1.165) is 11.3 Å². The topological polar surface area (TPSA) is 76.1 Å². The van der Waals surface area contributed by atoms with Crippen molar-refractivity contribution in [1.29, 1.82) is 0 Å². The molecule has 0 fully saturated rings. The fourth-order valence-corrected chi connectivity index (χ4v) is 4.88. The summed E-state index contributed by atoms with van der Waals surface area (Å²) in [6.07, 6.45) is 0. The highest BCUT2D eigenvalue weighted by molar-refractivity contribution is 7.93. The summed E-state index contributed by atoms with van der Waals surface area (Å²) >= 11 is 6.63. The molecule has 1 N–H and O–H groups in total. The third kappa shape index (κ3) is 3.62. The number of amides is 1. The Bertz CT molecular complexity index is 1080. The zero-order valence-electron chi connectivity index (χ0n) is 13.4. The standard InChI is InChI=1S/C17H12ClFN2O3S2/c1-10-8-12(4-7-14(10)19)21-16(22)15-17(25-9-20-15)26(23,24)13-5-2-11(18)3-6-13/h2-9H,1H3,(H,21,22). The van der Waals surface area contributed by atoms with Crippen LogP contribution < -0.4 is 5.32 Å². The van der Waals surface area contributed by atoms with E-state index in [4.69, 9.17) is 11.6 Å². The molecule has 0 spiro atoms. The van der Waals surface area contributed by atoms with Crippen LogP contribution in [0.2, 0.25) is 5.02 Å². The van der Waals surface area contributed by atoms with Crippen molar-refractivity contribution in [2.24, 2.45) is 0 Å². The third-order valence-electron chi connectivity index (χ3n) is 3.53. The largest absolute Gasteiger partial charge is 0.321 e. The maximum atomic E-state index is 13.3. The zero-order valence-corrected chi connectivity index (χ0v) is 15.8. The number of nitrogens with zero attached hydrogens (tertiary/aromatic N) is 1. The number of anilines is 1. The van der Waals surface area contributed by atoms with Crippen LogP contribution in [0.5, 0.6) is 0 Å². The van der Waals surface area contributed by atoms with Gasteiger partial charge in [0.2, 0.25) is 9.84 Å². The number of aryl methyl sites for hydroxylation is 1. The first-order valence-corrected chi connectivity index (χ1v) is 10.0. The average molecular weight is 411 g/mol. The second-order valence-corrected chi connectivity index (χ2v) is 8.80. The molecule has 0 saturated carbocycles. The van der Waals surface area contributed by atoms with Crippen molar-refractivity contribution >= 4 is 44.4 Å². The number of rotatable bonds is 4. The van der Waals surface area contributed by atoms with Crippen molar-refractivity contribution in [3.05, 3.63) is 70.1 Å². The fourth-order valence-electron chi connectivity index (χ4n) is 2.21. The highest BCUT2D eigenvalue weighted by Gasteiger charge is 2.27. The van der Waals surface area contributed by atoms with Crippen LogP contribution in [0.4, 0.5) is 10.1 Å². The Morgan fingerprint density at radius 2 is 1.88 bits per heavy atom. The zero-order chi connectivity index (χ0) is 18.9. The van der Waals surface area contributed by atoms with Gasteiger partial charge in [-0.25, -0.2) is 17.8 Å². The number of thiazole rings is 1. The number of nitrogens with one attached hydrogen (secondary N) is 1. The number of hydrogen-bond acceptors (Lipinski definition) is 5. The van der Waals surface area contributed by atoms with Crippen molar-refractivity contribution in [1.82, 2.24) is 4.98 Å². The van der Waals surface area contributed by atoms with E-state index in [1.54, 1.807) is 6.92 Å². The lowest BCUT2D eigenvalue weighted by molar-refractivity contribution is 0.102. The Morgan fingerprint density at radius 3 is 2.54 bits per heavy atom. The molecule has 0 aliphatic rings. The molecule has 5 nitrogen and oxygen atoms in total. The predicted octanol–water partition coefficient (Wildman–Crippen LogP) is 4.33.